The van der Waals surface area contributed by atoms with Crippen molar-refractivity contribution in [1.82, 2.24) is 0 Å². The maximum Gasteiger partial charge on any atom is 0.340 e. The van der Waals surface area contributed by atoms with E-state index >= 15 is 0 Å². The summed E-state index contributed by atoms with van der Waals surface area (Å²) in [5, 5.41) is 2.72. The molecule has 0 aromatic heterocycles. The number of carbonyl (C=O) groups is 2. The fourth-order valence-electron chi connectivity index (χ4n) is 2.42. The summed E-state index contributed by atoms with van der Waals surface area (Å²) in [6, 6.07) is 10.2. The molecule has 2 rings (SSSR count). The molecule has 2 aromatic carbocycles. The Labute approximate surface area is 151 Å². The van der Waals surface area contributed by atoms with Crippen molar-refractivity contribution < 1.29 is 28.5 Å². The lowest BCUT2D eigenvalue weighted by molar-refractivity contribution is -0.115. The first-order valence-corrected chi connectivity index (χ1v) is 7.79. The van der Waals surface area contributed by atoms with E-state index in [4.69, 9.17) is 18.9 Å². The van der Waals surface area contributed by atoms with Crippen LogP contribution in [-0.4, -0.2) is 40.3 Å². The highest BCUT2D eigenvalue weighted by Gasteiger charge is 2.19. The molecule has 0 spiro atoms. The van der Waals surface area contributed by atoms with Crippen LogP contribution in [0.2, 0.25) is 0 Å². The summed E-state index contributed by atoms with van der Waals surface area (Å²) in [6.07, 6.45) is 0.117. The van der Waals surface area contributed by atoms with E-state index in [0.29, 0.717) is 17.2 Å². The number of methoxy groups -OCH3 is 4. The third kappa shape index (κ3) is 4.44. The number of rotatable bonds is 7. The summed E-state index contributed by atoms with van der Waals surface area (Å²) < 4.78 is 20.4. The normalized spacial score (nSPS) is 10.0. The molecule has 0 aliphatic carbocycles. The number of carbonyl (C=O) groups excluding carboxylic acids is 2. The van der Waals surface area contributed by atoms with Crippen LogP contribution in [0, 0.1) is 0 Å². The van der Waals surface area contributed by atoms with Crippen molar-refractivity contribution in [3.63, 3.8) is 0 Å². The number of hydrogen-bond acceptors (Lipinski definition) is 6. The molecule has 7 nitrogen and oxygen atoms in total. The van der Waals surface area contributed by atoms with E-state index in [1.165, 1.54) is 33.5 Å². The van der Waals surface area contributed by atoms with Gasteiger partial charge in [-0.3, -0.25) is 4.79 Å². The van der Waals surface area contributed by atoms with Gasteiger partial charge in [0.15, 0.2) is 11.5 Å². The molecule has 1 N–H and O–H groups in total. The Morgan fingerprint density at radius 2 is 1.62 bits per heavy atom. The van der Waals surface area contributed by atoms with Gasteiger partial charge in [-0.05, 0) is 17.7 Å². The van der Waals surface area contributed by atoms with Gasteiger partial charge in [-0.15, -0.1) is 0 Å². The van der Waals surface area contributed by atoms with Crippen LogP contribution < -0.4 is 19.5 Å². The quantitative estimate of drug-likeness (QED) is 0.766. The van der Waals surface area contributed by atoms with Gasteiger partial charge in [-0.2, -0.15) is 0 Å². The van der Waals surface area contributed by atoms with E-state index in [2.05, 4.69) is 5.32 Å². The molecule has 0 radical (unpaired) electrons. The fourth-order valence-corrected chi connectivity index (χ4v) is 2.42. The van der Waals surface area contributed by atoms with Crippen LogP contribution in [0.15, 0.2) is 36.4 Å². The predicted molar refractivity (Wildman–Crippen MR) is 96.2 cm³/mol. The molecule has 0 aliphatic rings. The summed E-state index contributed by atoms with van der Waals surface area (Å²) in [5.74, 6) is 0.519. The first kappa shape index (κ1) is 19.1. The molecular weight excluding hydrogens is 338 g/mol. The molecule has 7 heteroatoms. The van der Waals surface area contributed by atoms with Crippen LogP contribution in [-0.2, 0) is 16.0 Å². The molecule has 0 aliphatic heterocycles. The minimum absolute atomic E-state index is 0.117. The topological polar surface area (TPSA) is 83.1 Å². The van der Waals surface area contributed by atoms with Gasteiger partial charge in [0.2, 0.25) is 5.91 Å². The smallest absolute Gasteiger partial charge is 0.340 e. The van der Waals surface area contributed by atoms with Crippen molar-refractivity contribution in [2.75, 3.05) is 33.8 Å². The molecule has 0 bridgehead atoms. The predicted octanol–water partition coefficient (Wildman–Crippen LogP) is 2.68. The molecule has 2 aromatic rings. The number of amides is 1. The number of nitrogens with one attached hydrogen (secondary N) is 1. The summed E-state index contributed by atoms with van der Waals surface area (Å²) in [4.78, 5) is 24.5. The van der Waals surface area contributed by atoms with Crippen LogP contribution in [0.4, 0.5) is 5.69 Å². The van der Waals surface area contributed by atoms with Crippen LogP contribution in [0.5, 0.6) is 17.2 Å². The highest BCUT2D eigenvalue weighted by molar-refractivity contribution is 6.02. The Hall–Kier alpha value is -3.22. The zero-order chi connectivity index (χ0) is 19.1. The molecular formula is C19H21NO6. The highest BCUT2D eigenvalue weighted by Crippen LogP contribution is 2.33. The maximum absolute atomic E-state index is 12.4. The number of hydrogen-bond donors (Lipinski definition) is 1. The molecule has 0 saturated carbocycles. The monoisotopic (exact) mass is 359 g/mol. The van der Waals surface area contributed by atoms with E-state index in [9.17, 15) is 9.59 Å². The van der Waals surface area contributed by atoms with E-state index < -0.39 is 5.97 Å². The molecule has 26 heavy (non-hydrogen) atoms. The summed E-state index contributed by atoms with van der Waals surface area (Å²) in [5.41, 5.74) is 1.23. The van der Waals surface area contributed by atoms with Crippen molar-refractivity contribution in [2.24, 2.45) is 0 Å². The zero-order valence-corrected chi connectivity index (χ0v) is 15.1. The van der Waals surface area contributed by atoms with Gasteiger partial charge in [0.1, 0.15) is 5.75 Å². The standard InChI is InChI=1S/C19H21NO6/c1-23-13-7-5-6-12(8-13)9-18(21)20-15-11-17(25-3)16(24-2)10-14(15)19(22)26-4/h5-8,10-11H,9H2,1-4H3,(H,20,21). The van der Waals surface area contributed by atoms with Crippen LogP contribution in [0.1, 0.15) is 15.9 Å². The first-order valence-electron chi connectivity index (χ1n) is 7.79. The average molecular weight is 359 g/mol. The Kier molecular flexibility index (Phi) is 6.43. The van der Waals surface area contributed by atoms with Crippen LogP contribution in [0.25, 0.3) is 0 Å². The average Bonchev–Trinajstić information content (AvgIpc) is 2.66. The number of benzene rings is 2. The third-order valence-electron chi connectivity index (χ3n) is 3.70. The lowest BCUT2D eigenvalue weighted by Crippen LogP contribution is -2.17. The summed E-state index contributed by atoms with van der Waals surface area (Å²) in [6.45, 7) is 0. The van der Waals surface area contributed by atoms with Crippen molar-refractivity contribution in [1.29, 1.82) is 0 Å². The lowest BCUT2D eigenvalue weighted by atomic mass is 10.1. The molecule has 0 unspecified atom stereocenters. The van der Waals surface area contributed by atoms with Crippen LogP contribution in [0.3, 0.4) is 0 Å². The number of ether oxygens (including phenoxy) is 4. The van der Waals surface area contributed by atoms with Crippen molar-refractivity contribution in [3.05, 3.63) is 47.5 Å². The van der Waals surface area contributed by atoms with Gasteiger partial charge in [-0.25, -0.2) is 4.79 Å². The molecule has 0 fully saturated rings. The maximum atomic E-state index is 12.4. The van der Waals surface area contributed by atoms with Gasteiger partial charge < -0.3 is 24.3 Å². The van der Waals surface area contributed by atoms with Gasteiger partial charge >= 0.3 is 5.97 Å². The van der Waals surface area contributed by atoms with E-state index in [1.807, 2.05) is 6.07 Å². The zero-order valence-electron chi connectivity index (χ0n) is 15.1. The molecule has 0 atom stereocenters. The lowest BCUT2D eigenvalue weighted by Gasteiger charge is -2.14. The highest BCUT2D eigenvalue weighted by atomic mass is 16.5. The van der Waals surface area contributed by atoms with Gasteiger partial charge in [0.25, 0.3) is 0 Å². The summed E-state index contributed by atoms with van der Waals surface area (Å²) in [7, 11) is 5.75. The van der Waals surface area contributed by atoms with Crippen LogP contribution >= 0.6 is 0 Å². The molecule has 1 amide bonds. The Morgan fingerprint density at radius 1 is 0.923 bits per heavy atom. The van der Waals surface area contributed by atoms with E-state index in [0.717, 1.165) is 5.56 Å². The minimum atomic E-state index is -0.595. The molecule has 0 heterocycles. The second-order valence-corrected chi connectivity index (χ2v) is 5.32. The van der Waals surface area contributed by atoms with Gasteiger partial charge in [-0.1, -0.05) is 12.1 Å². The van der Waals surface area contributed by atoms with E-state index in [-0.39, 0.29) is 23.6 Å². The number of anilines is 1. The number of esters is 1. The minimum Gasteiger partial charge on any atom is -0.497 e. The molecule has 0 saturated heterocycles. The van der Waals surface area contributed by atoms with Crippen molar-refractivity contribution in [3.8, 4) is 17.2 Å². The summed E-state index contributed by atoms with van der Waals surface area (Å²) >= 11 is 0. The fraction of sp³-hybridized carbons (Fsp3) is 0.263. The van der Waals surface area contributed by atoms with Crippen molar-refractivity contribution in [2.45, 2.75) is 6.42 Å². The van der Waals surface area contributed by atoms with E-state index in [1.54, 1.807) is 25.3 Å². The molecule has 138 valence electrons. The van der Waals surface area contributed by atoms with Crippen molar-refractivity contribution >= 4 is 17.6 Å². The SMILES string of the molecule is COC(=O)c1cc(OC)c(OC)cc1NC(=O)Cc1cccc(OC)c1. The Morgan fingerprint density at radius 3 is 2.23 bits per heavy atom. The Balaban J connectivity index is 2.28. The second kappa shape index (κ2) is 8.75. The van der Waals surface area contributed by atoms with Gasteiger partial charge in [0.05, 0.1) is 46.1 Å². The largest absolute Gasteiger partial charge is 0.497 e. The van der Waals surface area contributed by atoms with Gasteiger partial charge in [0, 0.05) is 12.1 Å². The second-order valence-electron chi connectivity index (χ2n) is 5.32. The third-order valence-corrected chi connectivity index (χ3v) is 3.70. The Bertz CT molecular complexity index is 803. The first-order chi connectivity index (χ1) is 12.5.